The van der Waals surface area contributed by atoms with Crippen LogP contribution in [0.4, 0.5) is 0 Å². The Morgan fingerprint density at radius 1 is 0.692 bits per heavy atom. The van der Waals surface area contributed by atoms with Gasteiger partial charge in [-0.25, -0.2) is 4.79 Å². The molecular weight excluding hydrogens is 539 g/mol. The molecule has 0 radical (unpaired) electrons. The van der Waals surface area contributed by atoms with Gasteiger partial charge in [0, 0.05) is 37.1 Å². The van der Waals surface area contributed by atoms with Crippen molar-refractivity contribution in [2.45, 2.75) is 92.2 Å². The number of benzene rings is 2. The first-order valence-corrected chi connectivity index (χ1v) is 12.8. The summed E-state index contributed by atoms with van der Waals surface area (Å²) in [5.41, 5.74) is 15.3. The number of carbonyl (C=O) groups is 3. The van der Waals surface area contributed by atoms with Crippen molar-refractivity contribution in [3.63, 3.8) is 0 Å². The lowest BCUT2D eigenvalue weighted by atomic mass is 9.84. The summed E-state index contributed by atoms with van der Waals surface area (Å²) in [6.45, 7) is 15.6. The molecule has 2 rings (SSSR count). The lowest BCUT2D eigenvalue weighted by molar-refractivity contribution is -0.136. The van der Waals surface area contributed by atoms with Crippen LogP contribution in [0.2, 0.25) is 0 Å². The Balaban J connectivity index is 0.00000722. The number of Topliss-reactive ketones (excluding diaryl/α,β-unsaturated/α-hetero) is 2. The summed E-state index contributed by atoms with van der Waals surface area (Å²) >= 11 is 0. The van der Waals surface area contributed by atoms with Crippen LogP contribution in [0.25, 0.3) is 0 Å². The van der Waals surface area contributed by atoms with Gasteiger partial charge in [-0.2, -0.15) is 0 Å². The van der Waals surface area contributed by atoms with Crippen molar-refractivity contribution in [3.8, 4) is 11.5 Å². The van der Waals surface area contributed by atoms with E-state index in [-0.39, 0.29) is 84.6 Å². The van der Waals surface area contributed by atoms with Crippen molar-refractivity contribution in [2.24, 2.45) is 11.5 Å². The highest BCUT2D eigenvalue weighted by Crippen LogP contribution is 2.34. The quantitative estimate of drug-likeness (QED) is 0.194. The highest BCUT2D eigenvalue weighted by atomic mass is 35.5. The third-order valence-electron chi connectivity index (χ3n) is 6.30. The van der Waals surface area contributed by atoms with Gasteiger partial charge in [0.05, 0.1) is 11.1 Å². The molecule has 0 fully saturated rings. The van der Waals surface area contributed by atoms with Crippen LogP contribution in [-0.4, -0.2) is 24.1 Å². The Labute approximate surface area is 245 Å². The minimum atomic E-state index is -0.707. The van der Waals surface area contributed by atoms with Crippen LogP contribution in [0, 0.1) is 0 Å². The Morgan fingerprint density at radius 2 is 1.08 bits per heavy atom. The molecule has 2 aromatic rings. The number of rotatable bonds is 10. The summed E-state index contributed by atoms with van der Waals surface area (Å²) in [5, 5.41) is 0. The van der Waals surface area contributed by atoms with Crippen LogP contribution in [0.1, 0.15) is 111 Å². The average molecular weight is 584 g/mol. The molecule has 0 spiro atoms. The molecule has 39 heavy (non-hydrogen) atoms. The SMILES string of the molecule is CCC(=O)c1cc(C(C)(C)C)cc(CN)c1OCC(=O)Oc1c(CN)cc(C(C)(C)C)cc1C(=O)CC.Cl.Cl. The fourth-order valence-electron chi connectivity index (χ4n) is 3.91. The number of nitrogens with two attached hydrogens (primary N) is 2. The van der Waals surface area contributed by atoms with Gasteiger partial charge >= 0.3 is 5.97 Å². The van der Waals surface area contributed by atoms with E-state index in [9.17, 15) is 14.4 Å². The van der Waals surface area contributed by atoms with Crippen LogP contribution in [-0.2, 0) is 28.7 Å². The number of ether oxygens (including phenoxy) is 2. The summed E-state index contributed by atoms with van der Waals surface area (Å²) in [6.07, 6.45) is 0.530. The first kappa shape index (κ1) is 36.5. The summed E-state index contributed by atoms with van der Waals surface area (Å²) in [7, 11) is 0. The second kappa shape index (κ2) is 14.8. The first-order chi connectivity index (χ1) is 17.2. The van der Waals surface area contributed by atoms with Crippen molar-refractivity contribution < 1.29 is 23.9 Å². The van der Waals surface area contributed by atoms with Crippen LogP contribution in [0.3, 0.4) is 0 Å². The number of halogens is 2. The first-order valence-electron chi connectivity index (χ1n) is 12.8. The monoisotopic (exact) mass is 582 g/mol. The van der Waals surface area contributed by atoms with E-state index in [1.807, 2.05) is 32.9 Å². The molecule has 7 nitrogen and oxygen atoms in total. The molecule has 9 heteroatoms. The highest BCUT2D eigenvalue weighted by molar-refractivity contribution is 6.00. The number of ketones is 2. The predicted octanol–water partition coefficient (Wildman–Crippen LogP) is 6.21. The van der Waals surface area contributed by atoms with E-state index in [0.717, 1.165) is 11.1 Å². The molecule has 0 atom stereocenters. The molecule has 0 saturated heterocycles. The number of esters is 1. The molecule has 0 heterocycles. The fraction of sp³-hybridized carbons (Fsp3) is 0.500. The van der Waals surface area contributed by atoms with Crippen LogP contribution >= 0.6 is 24.8 Å². The zero-order valence-electron chi connectivity index (χ0n) is 24.4. The smallest absolute Gasteiger partial charge is 0.349 e. The lowest BCUT2D eigenvalue weighted by Gasteiger charge is -2.24. The molecule has 0 unspecified atom stereocenters. The van der Waals surface area contributed by atoms with E-state index >= 15 is 0 Å². The van der Waals surface area contributed by atoms with Crippen LogP contribution in [0.15, 0.2) is 24.3 Å². The molecule has 0 aliphatic rings. The topological polar surface area (TPSA) is 122 Å². The van der Waals surface area contributed by atoms with E-state index in [1.165, 1.54) is 0 Å². The van der Waals surface area contributed by atoms with E-state index in [0.29, 0.717) is 22.3 Å². The predicted molar refractivity (Wildman–Crippen MR) is 161 cm³/mol. The van der Waals surface area contributed by atoms with E-state index < -0.39 is 12.6 Å². The van der Waals surface area contributed by atoms with Gasteiger partial charge in [-0.3, -0.25) is 9.59 Å². The molecule has 0 aromatic heterocycles. The highest BCUT2D eigenvalue weighted by Gasteiger charge is 2.26. The van der Waals surface area contributed by atoms with E-state index in [4.69, 9.17) is 20.9 Å². The third kappa shape index (κ3) is 9.04. The number of hydrogen-bond acceptors (Lipinski definition) is 7. The zero-order valence-corrected chi connectivity index (χ0v) is 26.0. The molecule has 2 aromatic carbocycles. The molecule has 0 aliphatic carbocycles. The van der Waals surface area contributed by atoms with Crippen molar-refractivity contribution >= 4 is 42.3 Å². The van der Waals surface area contributed by atoms with Gasteiger partial charge in [0.2, 0.25) is 0 Å². The molecule has 4 N–H and O–H groups in total. The van der Waals surface area contributed by atoms with Gasteiger partial charge in [-0.1, -0.05) is 67.5 Å². The van der Waals surface area contributed by atoms with Gasteiger partial charge in [0.25, 0.3) is 0 Å². The minimum absolute atomic E-state index is 0. The number of hydrogen-bond donors (Lipinski definition) is 2. The van der Waals surface area contributed by atoms with Crippen molar-refractivity contribution in [3.05, 3.63) is 57.6 Å². The fourth-order valence-corrected chi connectivity index (χ4v) is 3.91. The van der Waals surface area contributed by atoms with Gasteiger partial charge in [-0.15, -0.1) is 24.8 Å². The molecule has 218 valence electrons. The molecule has 0 saturated carbocycles. The Kier molecular flexibility index (Phi) is 13.9. The largest absolute Gasteiger partial charge is 0.481 e. The molecular formula is C30H44Cl2N2O5. The Hall–Kier alpha value is -2.45. The number of carbonyl (C=O) groups excluding carboxylic acids is 3. The maximum atomic E-state index is 13.0. The van der Waals surface area contributed by atoms with Crippen LogP contribution < -0.4 is 20.9 Å². The molecule has 0 amide bonds. The molecule has 0 aliphatic heterocycles. The third-order valence-corrected chi connectivity index (χ3v) is 6.30. The van der Waals surface area contributed by atoms with Crippen molar-refractivity contribution in [1.29, 1.82) is 0 Å². The van der Waals surface area contributed by atoms with Crippen molar-refractivity contribution in [1.82, 2.24) is 0 Å². The van der Waals surface area contributed by atoms with E-state index in [2.05, 4.69) is 20.8 Å². The van der Waals surface area contributed by atoms with Gasteiger partial charge in [-0.05, 0) is 34.1 Å². The van der Waals surface area contributed by atoms with Gasteiger partial charge < -0.3 is 20.9 Å². The maximum Gasteiger partial charge on any atom is 0.349 e. The van der Waals surface area contributed by atoms with Crippen LogP contribution in [0.5, 0.6) is 11.5 Å². The maximum absolute atomic E-state index is 13.0. The average Bonchev–Trinajstić information content (AvgIpc) is 2.84. The normalized spacial score (nSPS) is 11.2. The minimum Gasteiger partial charge on any atom is -0.481 e. The molecule has 0 bridgehead atoms. The Morgan fingerprint density at radius 3 is 1.44 bits per heavy atom. The van der Waals surface area contributed by atoms with E-state index in [1.54, 1.807) is 26.0 Å². The second-order valence-electron chi connectivity index (χ2n) is 11.2. The Bertz CT molecular complexity index is 1180. The summed E-state index contributed by atoms with van der Waals surface area (Å²) < 4.78 is 11.5. The lowest BCUT2D eigenvalue weighted by Crippen LogP contribution is -2.23. The van der Waals surface area contributed by atoms with Gasteiger partial charge in [0.1, 0.15) is 11.5 Å². The summed E-state index contributed by atoms with van der Waals surface area (Å²) in [6, 6.07) is 7.35. The standard InChI is InChI=1S/C30H42N2O5.2ClH/c1-9-24(33)22-13-20(29(3,4)5)11-18(15-31)27(22)36-17-26(35)37-28-19(16-32)12-21(30(6,7)8)14-23(28)25(34)10-2;;/h11-14H,9-10,15-17,31-32H2,1-8H3;2*1H. The second-order valence-corrected chi connectivity index (χ2v) is 11.2. The summed E-state index contributed by atoms with van der Waals surface area (Å²) in [5.74, 6) is -0.526. The van der Waals surface area contributed by atoms with Crippen molar-refractivity contribution in [2.75, 3.05) is 6.61 Å². The summed E-state index contributed by atoms with van der Waals surface area (Å²) in [4.78, 5) is 38.5. The van der Waals surface area contributed by atoms with Gasteiger partial charge in [0.15, 0.2) is 18.2 Å². The zero-order chi connectivity index (χ0) is 28.1.